The topological polar surface area (TPSA) is 132 Å². The van der Waals surface area contributed by atoms with Crippen LogP contribution in [-0.2, 0) is 17.5 Å². The fourth-order valence-electron chi connectivity index (χ4n) is 2.45. The molecule has 0 aromatic carbocycles. The highest BCUT2D eigenvalue weighted by Gasteiger charge is 2.28. The average Bonchev–Trinajstić information content (AvgIpc) is 3.49. The molecule has 1 saturated carbocycles. The van der Waals surface area contributed by atoms with Gasteiger partial charge in [0.05, 0.1) is 41.4 Å². The van der Waals surface area contributed by atoms with Crippen LogP contribution in [0.15, 0.2) is 31.0 Å². The summed E-state index contributed by atoms with van der Waals surface area (Å²) in [5, 5.41) is 3.28. The second-order valence-electron chi connectivity index (χ2n) is 6.38. The average molecular weight is 446 g/mol. The van der Waals surface area contributed by atoms with E-state index >= 15 is 0 Å². The molecule has 3 heterocycles. The number of carbonyl (C=O) groups is 1. The summed E-state index contributed by atoms with van der Waals surface area (Å²) in [4.78, 5) is 34.0. The standard InChI is InChI=1S/C18H19N7O3S2/c1-2-28-16-9-19-7-13(24-16)14-8-21-18(29-14)17(26)20-6-11-5-15(23-10-22-11)25-30(27)12-3-4-12/h5,7-10,12H,2-4,6H2,1H3,(H,20,26)(H,22,23,25). The Hall–Kier alpha value is -2.99. The molecule has 2 N–H and O–H groups in total. The number of amides is 1. The first-order valence-corrected chi connectivity index (χ1v) is 11.3. The third kappa shape index (κ3) is 5.13. The van der Waals surface area contributed by atoms with Gasteiger partial charge in [0, 0.05) is 12.3 Å². The van der Waals surface area contributed by atoms with Crippen LogP contribution in [0.3, 0.4) is 0 Å². The van der Waals surface area contributed by atoms with Gasteiger partial charge in [0.25, 0.3) is 5.91 Å². The van der Waals surface area contributed by atoms with Crippen LogP contribution in [0, 0.1) is 0 Å². The van der Waals surface area contributed by atoms with Crippen molar-refractivity contribution in [3.8, 4) is 16.5 Å². The van der Waals surface area contributed by atoms with Crippen LogP contribution in [0.25, 0.3) is 10.6 Å². The van der Waals surface area contributed by atoms with E-state index in [1.807, 2.05) is 6.92 Å². The molecule has 156 valence electrons. The van der Waals surface area contributed by atoms with E-state index in [0.29, 0.717) is 39.6 Å². The van der Waals surface area contributed by atoms with Gasteiger partial charge in [0.15, 0.2) is 5.01 Å². The van der Waals surface area contributed by atoms with Gasteiger partial charge in [-0.15, -0.1) is 11.3 Å². The summed E-state index contributed by atoms with van der Waals surface area (Å²) >= 11 is 1.21. The van der Waals surface area contributed by atoms with Crippen LogP contribution in [0.1, 0.15) is 35.3 Å². The van der Waals surface area contributed by atoms with E-state index in [1.165, 1.54) is 23.9 Å². The van der Waals surface area contributed by atoms with Crippen molar-refractivity contribution in [2.75, 3.05) is 11.3 Å². The Morgan fingerprint density at radius 3 is 2.93 bits per heavy atom. The molecule has 10 nitrogen and oxygen atoms in total. The minimum absolute atomic E-state index is 0.195. The molecule has 1 fully saturated rings. The summed E-state index contributed by atoms with van der Waals surface area (Å²) in [6.07, 6.45) is 8.01. The molecule has 4 rings (SSSR count). The van der Waals surface area contributed by atoms with Crippen LogP contribution in [0.5, 0.6) is 5.88 Å². The zero-order valence-electron chi connectivity index (χ0n) is 16.1. The molecule has 1 aliphatic carbocycles. The normalized spacial score (nSPS) is 14.2. The minimum atomic E-state index is -1.14. The van der Waals surface area contributed by atoms with E-state index in [2.05, 4.69) is 35.0 Å². The van der Waals surface area contributed by atoms with Gasteiger partial charge in [0.2, 0.25) is 5.88 Å². The lowest BCUT2D eigenvalue weighted by atomic mass is 10.4. The third-order valence-electron chi connectivity index (χ3n) is 4.04. The van der Waals surface area contributed by atoms with E-state index in [-0.39, 0.29) is 17.7 Å². The van der Waals surface area contributed by atoms with Crippen LogP contribution >= 0.6 is 11.3 Å². The number of nitrogens with zero attached hydrogens (tertiary/aromatic N) is 5. The summed E-state index contributed by atoms with van der Waals surface area (Å²) in [6, 6.07) is 1.67. The minimum Gasteiger partial charge on any atom is -0.477 e. The molecule has 1 unspecified atom stereocenters. The first kappa shape index (κ1) is 20.3. The summed E-state index contributed by atoms with van der Waals surface area (Å²) in [5.41, 5.74) is 1.19. The summed E-state index contributed by atoms with van der Waals surface area (Å²) in [7, 11) is -1.14. The molecule has 1 atom stereocenters. The number of aromatic nitrogens is 5. The van der Waals surface area contributed by atoms with Crippen molar-refractivity contribution < 1.29 is 13.7 Å². The molecule has 0 radical (unpaired) electrons. The fourth-order valence-corrected chi connectivity index (χ4v) is 4.28. The number of carbonyl (C=O) groups excluding carboxylic acids is 1. The van der Waals surface area contributed by atoms with Crippen molar-refractivity contribution in [3.63, 3.8) is 0 Å². The van der Waals surface area contributed by atoms with Crippen molar-refractivity contribution >= 4 is 34.0 Å². The van der Waals surface area contributed by atoms with Gasteiger partial charge in [-0.25, -0.2) is 24.1 Å². The Bertz CT molecular complexity index is 1070. The lowest BCUT2D eigenvalue weighted by molar-refractivity contribution is 0.0950. The number of anilines is 1. The maximum absolute atomic E-state index is 12.5. The molecule has 3 aromatic rings. The molecule has 3 aromatic heterocycles. The fraction of sp³-hybridized carbons (Fsp3) is 0.333. The van der Waals surface area contributed by atoms with Crippen molar-refractivity contribution in [2.24, 2.45) is 0 Å². The molecule has 0 spiro atoms. The highest BCUT2D eigenvalue weighted by molar-refractivity contribution is 7.87. The summed E-state index contributed by atoms with van der Waals surface area (Å²) < 4.78 is 20.2. The predicted molar refractivity (Wildman–Crippen MR) is 112 cm³/mol. The van der Waals surface area contributed by atoms with Gasteiger partial charge in [-0.2, -0.15) is 0 Å². The lowest BCUT2D eigenvalue weighted by Gasteiger charge is -2.06. The van der Waals surface area contributed by atoms with E-state index in [1.54, 1.807) is 18.5 Å². The van der Waals surface area contributed by atoms with Crippen LogP contribution in [0.4, 0.5) is 5.82 Å². The molecule has 0 bridgehead atoms. The second kappa shape index (κ2) is 9.22. The molecule has 0 saturated heterocycles. The van der Waals surface area contributed by atoms with Crippen molar-refractivity contribution in [1.82, 2.24) is 30.2 Å². The summed E-state index contributed by atoms with van der Waals surface area (Å²) in [6.45, 7) is 2.55. The first-order chi connectivity index (χ1) is 14.6. The predicted octanol–water partition coefficient (Wildman–Crippen LogP) is 1.96. The number of hydrogen-bond donors (Lipinski definition) is 2. The highest BCUT2D eigenvalue weighted by atomic mass is 32.2. The van der Waals surface area contributed by atoms with Crippen LogP contribution < -0.4 is 14.8 Å². The third-order valence-corrected chi connectivity index (χ3v) is 6.55. The quantitative estimate of drug-likeness (QED) is 0.511. The second-order valence-corrected chi connectivity index (χ2v) is 8.88. The number of nitrogens with one attached hydrogen (secondary N) is 2. The van der Waals surface area contributed by atoms with Gasteiger partial charge in [-0.3, -0.25) is 14.5 Å². The number of ether oxygens (including phenoxy) is 1. The highest BCUT2D eigenvalue weighted by Crippen LogP contribution is 2.27. The molecule has 30 heavy (non-hydrogen) atoms. The van der Waals surface area contributed by atoms with Gasteiger partial charge in [-0.1, -0.05) is 0 Å². The van der Waals surface area contributed by atoms with Gasteiger partial charge >= 0.3 is 0 Å². The first-order valence-electron chi connectivity index (χ1n) is 9.29. The Morgan fingerprint density at radius 2 is 2.13 bits per heavy atom. The molecule has 0 aliphatic heterocycles. The van der Waals surface area contributed by atoms with Crippen LogP contribution in [-0.4, -0.2) is 46.9 Å². The Kier molecular flexibility index (Phi) is 6.23. The Labute approximate surface area is 179 Å². The zero-order chi connectivity index (χ0) is 20.9. The molecular formula is C18H19N7O3S2. The largest absolute Gasteiger partial charge is 0.477 e. The molecular weight excluding hydrogens is 426 g/mol. The van der Waals surface area contributed by atoms with Crippen molar-refractivity contribution in [3.05, 3.63) is 41.7 Å². The van der Waals surface area contributed by atoms with Crippen molar-refractivity contribution in [1.29, 1.82) is 0 Å². The van der Waals surface area contributed by atoms with Crippen LogP contribution in [0.2, 0.25) is 0 Å². The van der Waals surface area contributed by atoms with Gasteiger partial charge in [0.1, 0.15) is 28.8 Å². The van der Waals surface area contributed by atoms with Crippen molar-refractivity contribution in [2.45, 2.75) is 31.6 Å². The number of thiazole rings is 1. The Morgan fingerprint density at radius 1 is 1.27 bits per heavy atom. The zero-order valence-corrected chi connectivity index (χ0v) is 17.7. The number of hydrogen-bond acceptors (Lipinski definition) is 9. The maximum Gasteiger partial charge on any atom is 0.280 e. The smallest absolute Gasteiger partial charge is 0.280 e. The summed E-state index contributed by atoms with van der Waals surface area (Å²) in [5.74, 6) is 0.573. The molecule has 1 aliphatic rings. The van der Waals surface area contributed by atoms with E-state index in [9.17, 15) is 9.00 Å². The monoisotopic (exact) mass is 445 g/mol. The maximum atomic E-state index is 12.5. The van der Waals surface area contributed by atoms with E-state index in [4.69, 9.17) is 4.74 Å². The lowest BCUT2D eigenvalue weighted by Crippen LogP contribution is -2.23. The van der Waals surface area contributed by atoms with E-state index in [0.717, 1.165) is 12.8 Å². The molecule has 1 amide bonds. The molecule has 12 heteroatoms. The Balaban J connectivity index is 1.37. The van der Waals surface area contributed by atoms with Gasteiger partial charge in [-0.05, 0) is 19.8 Å². The van der Waals surface area contributed by atoms with E-state index < -0.39 is 11.0 Å². The van der Waals surface area contributed by atoms with Gasteiger partial charge < -0.3 is 10.1 Å². The number of rotatable bonds is 9. The SMILES string of the molecule is CCOc1cncc(-c2cnc(C(=O)NCc3cc(NS(=O)C4CC4)ncn3)s2)n1.